The fraction of sp³-hybridized carbons (Fsp3) is 0.130. The maximum Gasteiger partial charge on any atom is 0.273 e. The standard InChI is InChI=1S/C23H18N2O6/c26-22(16-7-3-1-4-8-16)24(23(27)17-9-5-2-6-10-17)20-12-11-18(25(28)29)13-21(20)31-15-19-14-30-19/h1-13,19H,14-15H2. The maximum atomic E-state index is 13.4. The van der Waals surface area contributed by atoms with Crippen LogP contribution in [0.4, 0.5) is 11.4 Å². The van der Waals surface area contributed by atoms with E-state index in [4.69, 9.17) is 9.47 Å². The number of benzene rings is 3. The number of hydrogen-bond donors (Lipinski definition) is 0. The van der Waals surface area contributed by atoms with Gasteiger partial charge in [0, 0.05) is 17.2 Å². The van der Waals surface area contributed by atoms with Crippen LogP contribution in [0.2, 0.25) is 0 Å². The zero-order valence-electron chi connectivity index (χ0n) is 16.3. The van der Waals surface area contributed by atoms with Gasteiger partial charge in [0.15, 0.2) is 5.75 Å². The monoisotopic (exact) mass is 418 g/mol. The van der Waals surface area contributed by atoms with Gasteiger partial charge in [-0.25, -0.2) is 4.90 Å². The van der Waals surface area contributed by atoms with E-state index in [1.165, 1.54) is 18.2 Å². The Hall–Kier alpha value is -4.04. The third kappa shape index (κ3) is 4.59. The fourth-order valence-electron chi connectivity index (χ4n) is 2.99. The Balaban J connectivity index is 1.81. The largest absolute Gasteiger partial charge is 0.488 e. The van der Waals surface area contributed by atoms with E-state index in [9.17, 15) is 19.7 Å². The van der Waals surface area contributed by atoms with E-state index in [2.05, 4.69) is 0 Å². The molecule has 3 aromatic rings. The number of rotatable bonds is 7. The van der Waals surface area contributed by atoms with Crippen molar-refractivity contribution in [3.8, 4) is 5.75 Å². The summed E-state index contributed by atoms with van der Waals surface area (Å²) in [5, 5.41) is 11.3. The third-order valence-corrected chi connectivity index (χ3v) is 4.67. The molecule has 3 aromatic carbocycles. The normalized spacial score (nSPS) is 14.5. The molecule has 1 atom stereocenters. The van der Waals surface area contributed by atoms with Crippen molar-refractivity contribution in [2.75, 3.05) is 18.1 Å². The van der Waals surface area contributed by atoms with Crippen LogP contribution in [0.15, 0.2) is 78.9 Å². The Kier molecular flexibility index (Phi) is 5.72. The molecule has 0 saturated carbocycles. The van der Waals surface area contributed by atoms with Gasteiger partial charge in [0.05, 0.1) is 23.3 Å². The highest BCUT2D eigenvalue weighted by Gasteiger charge is 2.31. The van der Waals surface area contributed by atoms with Crippen molar-refractivity contribution in [1.29, 1.82) is 0 Å². The predicted molar refractivity (Wildman–Crippen MR) is 112 cm³/mol. The van der Waals surface area contributed by atoms with Crippen LogP contribution < -0.4 is 9.64 Å². The highest BCUT2D eigenvalue weighted by atomic mass is 16.6. The minimum atomic E-state index is -0.573. The van der Waals surface area contributed by atoms with E-state index in [-0.39, 0.29) is 29.8 Å². The van der Waals surface area contributed by atoms with Gasteiger partial charge in [0.25, 0.3) is 17.5 Å². The fourth-order valence-corrected chi connectivity index (χ4v) is 2.99. The molecule has 1 aliphatic rings. The van der Waals surface area contributed by atoms with E-state index in [0.29, 0.717) is 17.7 Å². The molecule has 4 rings (SSSR count). The number of hydrogen-bond acceptors (Lipinski definition) is 6. The first-order chi connectivity index (χ1) is 15.0. The van der Waals surface area contributed by atoms with Crippen LogP contribution in [0, 0.1) is 10.1 Å². The summed E-state index contributed by atoms with van der Waals surface area (Å²) in [5.74, 6) is -1.09. The molecule has 2 amide bonds. The first kappa shape index (κ1) is 20.2. The number of nitro benzene ring substituents is 1. The number of anilines is 1. The topological polar surface area (TPSA) is 102 Å². The average molecular weight is 418 g/mol. The van der Waals surface area contributed by atoms with Gasteiger partial charge in [-0.15, -0.1) is 0 Å². The molecule has 31 heavy (non-hydrogen) atoms. The molecule has 8 heteroatoms. The lowest BCUT2D eigenvalue weighted by Gasteiger charge is -2.23. The van der Waals surface area contributed by atoms with Crippen molar-refractivity contribution >= 4 is 23.2 Å². The second-order valence-electron chi connectivity index (χ2n) is 6.85. The number of imide groups is 1. The van der Waals surface area contributed by atoms with Crippen LogP contribution >= 0.6 is 0 Å². The van der Waals surface area contributed by atoms with Gasteiger partial charge in [0.2, 0.25) is 0 Å². The molecule has 1 aliphatic heterocycles. The Morgan fingerprint density at radius 2 is 1.52 bits per heavy atom. The van der Waals surface area contributed by atoms with E-state index in [1.807, 2.05) is 0 Å². The molecule has 0 bridgehead atoms. The Morgan fingerprint density at radius 3 is 2.00 bits per heavy atom. The van der Waals surface area contributed by atoms with Gasteiger partial charge in [-0.3, -0.25) is 19.7 Å². The first-order valence-corrected chi connectivity index (χ1v) is 9.56. The molecule has 0 spiro atoms. The van der Waals surface area contributed by atoms with Crippen molar-refractivity contribution in [1.82, 2.24) is 0 Å². The van der Waals surface area contributed by atoms with E-state index in [0.717, 1.165) is 4.90 Å². The zero-order valence-corrected chi connectivity index (χ0v) is 16.3. The van der Waals surface area contributed by atoms with Gasteiger partial charge in [-0.2, -0.15) is 0 Å². The first-order valence-electron chi connectivity index (χ1n) is 9.56. The SMILES string of the molecule is O=C(c1ccccc1)N(C(=O)c1ccccc1)c1ccc([N+](=O)[O-])cc1OCC1CO1. The van der Waals surface area contributed by atoms with E-state index < -0.39 is 16.7 Å². The number of non-ortho nitro benzene ring substituents is 1. The molecule has 0 aliphatic carbocycles. The lowest BCUT2D eigenvalue weighted by atomic mass is 10.1. The quantitative estimate of drug-likeness (QED) is 0.250. The molecule has 0 aromatic heterocycles. The Bertz CT molecular complexity index is 1060. The van der Waals surface area contributed by atoms with Crippen molar-refractivity contribution in [3.05, 3.63) is 100 Å². The summed E-state index contributed by atoms with van der Waals surface area (Å²) in [6, 6.07) is 20.5. The molecule has 1 unspecified atom stereocenters. The van der Waals surface area contributed by atoms with Crippen LogP contribution in [-0.2, 0) is 4.74 Å². The van der Waals surface area contributed by atoms with Crippen molar-refractivity contribution < 1.29 is 24.0 Å². The maximum absolute atomic E-state index is 13.4. The number of carbonyl (C=O) groups is 2. The second-order valence-corrected chi connectivity index (χ2v) is 6.85. The smallest absolute Gasteiger partial charge is 0.273 e. The summed E-state index contributed by atoms with van der Waals surface area (Å²) in [7, 11) is 0. The number of amides is 2. The number of nitro groups is 1. The lowest BCUT2D eigenvalue weighted by molar-refractivity contribution is -0.384. The Morgan fingerprint density at radius 1 is 0.968 bits per heavy atom. The van der Waals surface area contributed by atoms with Crippen LogP contribution in [0.1, 0.15) is 20.7 Å². The molecule has 1 heterocycles. The summed E-state index contributed by atoms with van der Waals surface area (Å²) in [5.41, 5.74) is 0.493. The van der Waals surface area contributed by atoms with Gasteiger partial charge in [0.1, 0.15) is 12.7 Å². The average Bonchev–Trinajstić information content (AvgIpc) is 3.64. The summed E-state index contributed by atoms with van der Waals surface area (Å²) in [6.07, 6.45) is -0.116. The summed E-state index contributed by atoms with van der Waals surface area (Å²) in [4.78, 5) is 38.4. The Labute approximate surface area is 177 Å². The highest BCUT2D eigenvalue weighted by Crippen LogP contribution is 2.35. The molecule has 8 nitrogen and oxygen atoms in total. The van der Waals surface area contributed by atoms with Crippen LogP contribution in [-0.4, -0.2) is 36.1 Å². The molecule has 0 N–H and O–H groups in total. The number of epoxide rings is 1. The third-order valence-electron chi connectivity index (χ3n) is 4.67. The molecular weight excluding hydrogens is 400 g/mol. The lowest BCUT2D eigenvalue weighted by Crippen LogP contribution is -2.37. The van der Waals surface area contributed by atoms with Crippen molar-refractivity contribution in [3.63, 3.8) is 0 Å². The highest BCUT2D eigenvalue weighted by molar-refractivity contribution is 6.26. The zero-order chi connectivity index (χ0) is 21.8. The summed E-state index contributed by atoms with van der Waals surface area (Å²) >= 11 is 0. The van der Waals surface area contributed by atoms with Crippen LogP contribution in [0.25, 0.3) is 0 Å². The van der Waals surface area contributed by atoms with Crippen molar-refractivity contribution in [2.45, 2.75) is 6.10 Å². The van der Waals surface area contributed by atoms with Gasteiger partial charge in [-0.05, 0) is 30.3 Å². The molecular formula is C23H18N2O6. The molecule has 0 radical (unpaired) electrons. The number of nitrogens with zero attached hydrogens (tertiary/aromatic N) is 2. The van der Waals surface area contributed by atoms with E-state index in [1.54, 1.807) is 60.7 Å². The van der Waals surface area contributed by atoms with E-state index >= 15 is 0 Å². The number of ether oxygens (including phenoxy) is 2. The number of carbonyl (C=O) groups excluding carboxylic acids is 2. The van der Waals surface area contributed by atoms with Gasteiger partial charge >= 0.3 is 0 Å². The van der Waals surface area contributed by atoms with Crippen molar-refractivity contribution in [2.24, 2.45) is 0 Å². The molecule has 156 valence electrons. The molecule has 1 fully saturated rings. The van der Waals surface area contributed by atoms with Gasteiger partial charge < -0.3 is 9.47 Å². The minimum Gasteiger partial charge on any atom is -0.488 e. The minimum absolute atomic E-state index is 0.0539. The van der Waals surface area contributed by atoms with Gasteiger partial charge in [-0.1, -0.05) is 36.4 Å². The summed E-state index contributed by atoms with van der Waals surface area (Å²) in [6.45, 7) is 0.681. The second kappa shape index (κ2) is 8.76. The summed E-state index contributed by atoms with van der Waals surface area (Å²) < 4.78 is 10.9. The predicted octanol–water partition coefficient (Wildman–Crippen LogP) is 3.86. The van der Waals surface area contributed by atoms with Crippen LogP contribution in [0.3, 0.4) is 0 Å². The molecule has 1 saturated heterocycles. The van der Waals surface area contributed by atoms with Crippen LogP contribution in [0.5, 0.6) is 5.75 Å².